The Morgan fingerprint density at radius 1 is 0.861 bits per heavy atom. The van der Waals surface area contributed by atoms with E-state index >= 15 is 0 Å². The van der Waals surface area contributed by atoms with Crippen LogP contribution in [0.4, 0.5) is 10.5 Å². The molecule has 5 nitrogen and oxygen atoms in total. The lowest BCUT2D eigenvalue weighted by molar-refractivity contribution is -0.142. The van der Waals surface area contributed by atoms with E-state index in [1.807, 2.05) is 78.6 Å². The molecule has 0 bridgehead atoms. The molecular formula is C30H36N2O3S. The van der Waals surface area contributed by atoms with Gasteiger partial charge in [0.25, 0.3) is 0 Å². The molecule has 0 spiro atoms. The Labute approximate surface area is 219 Å². The summed E-state index contributed by atoms with van der Waals surface area (Å²) in [7, 11) is 0. The van der Waals surface area contributed by atoms with E-state index in [9.17, 15) is 9.59 Å². The third kappa shape index (κ3) is 9.08. The molecule has 3 aromatic carbocycles. The molecule has 0 radical (unpaired) electrons. The second-order valence-corrected chi connectivity index (χ2v) is 9.70. The highest BCUT2D eigenvalue weighted by Gasteiger charge is 2.15. The van der Waals surface area contributed by atoms with Crippen LogP contribution in [0.3, 0.4) is 0 Å². The van der Waals surface area contributed by atoms with E-state index < -0.39 is 0 Å². The summed E-state index contributed by atoms with van der Waals surface area (Å²) in [5.41, 5.74) is 3.10. The first-order chi connectivity index (χ1) is 17.6. The predicted octanol–water partition coefficient (Wildman–Crippen LogP) is 6.89. The van der Waals surface area contributed by atoms with Crippen LogP contribution in [0.15, 0.2) is 88.7 Å². The van der Waals surface area contributed by atoms with Gasteiger partial charge in [-0.05, 0) is 73.7 Å². The van der Waals surface area contributed by atoms with Crippen molar-refractivity contribution in [1.82, 2.24) is 5.32 Å². The van der Waals surface area contributed by atoms with Crippen LogP contribution >= 0.6 is 11.8 Å². The van der Waals surface area contributed by atoms with E-state index in [1.165, 1.54) is 5.56 Å². The molecule has 1 N–H and O–H groups in total. The van der Waals surface area contributed by atoms with Crippen LogP contribution in [0.2, 0.25) is 0 Å². The van der Waals surface area contributed by atoms with Gasteiger partial charge in [-0.15, -0.1) is 0 Å². The number of benzene rings is 3. The molecule has 0 unspecified atom stereocenters. The maximum absolute atomic E-state index is 13.0. The number of esters is 1. The lowest BCUT2D eigenvalue weighted by Gasteiger charge is -2.23. The van der Waals surface area contributed by atoms with Crippen LogP contribution in [0.25, 0.3) is 0 Å². The van der Waals surface area contributed by atoms with Gasteiger partial charge in [-0.1, -0.05) is 67.6 Å². The number of rotatable bonds is 13. The molecule has 0 atom stereocenters. The number of nitrogens with zero attached hydrogens (tertiary/aromatic N) is 1. The van der Waals surface area contributed by atoms with Gasteiger partial charge >= 0.3 is 12.0 Å². The zero-order valence-corrected chi connectivity index (χ0v) is 22.1. The summed E-state index contributed by atoms with van der Waals surface area (Å²) in [6.07, 6.45) is 4.09. The number of urea groups is 1. The van der Waals surface area contributed by atoms with Crippen molar-refractivity contribution in [2.75, 3.05) is 24.6 Å². The number of aryl methyl sites for hydroxylation is 1. The second-order valence-electron chi connectivity index (χ2n) is 8.55. The van der Waals surface area contributed by atoms with Crippen molar-refractivity contribution >= 4 is 29.4 Å². The summed E-state index contributed by atoms with van der Waals surface area (Å²) >= 11 is 1.63. The molecular weight excluding hydrogens is 468 g/mol. The van der Waals surface area contributed by atoms with Gasteiger partial charge in [0, 0.05) is 28.6 Å². The minimum absolute atomic E-state index is 0.0522. The number of unbranched alkanes of at least 4 members (excludes halogenated alkanes) is 1. The molecule has 0 aromatic heterocycles. The molecule has 2 amide bonds. The van der Waals surface area contributed by atoms with Gasteiger partial charge in [-0.3, -0.25) is 9.69 Å². The molecule has 3 aromatic rings. The Morgan fingerprint density at radius 2 is 1.61 bits per heavy atom. The molecule has 6 heteroatoms. The van der Waals surface area contributed by atoms with Crippen LogP contribution in [0.1, 0.15) is 44.2 Å². The third-order valence-electron chi connectivity index (χ3n) is 5.68. The van der Waals surface area contributed by atoms with Gasteiger partial charge in [-0.25, -0.2) is 4.79 Å². The molecule has 190 valence electrons. The lowest BCUT2D eigenvalue weighted by atomic mass is 10.1. The summed E-state index contributed by atoms with van der Waals surface area (Å²) in [5.74, 6) is -0.214. The van der Waals surface area contributed by atoms with Gasteiger partial charge in [0.1, 0.15) is 0 Å². The molecule has 0 aliphatic heterocycles. The maximum atomic E-state index is 13.0. The molecule has 0 saturated heterocycles. The Balaban J connectivity index is 1.65. The van der Waals surface area contributed by atoms with Crippen LogP contribution in [-0.4, -0.2) is 31.7 Å². The molecule has 0 aliphatic carbocycles. The average Bonchev–Trinajstić information content (AvgIpc) is 2.88. The Bertz CT molecular complexity index is 1090. The fraction of sp³-hybridized carbons (Fsp3) is 0.333. The van der Waals surface area contributed by atoms with Crippen molar-refractivity contribution in [3.05, 3.63) is 90.0 Å². The van der Waals surface area contributed by atoms with Crippen LogP contribution in [0.5, 0.6) is 0 Å². The van der Waals surface area contributed by atoms with Gasteiger partial charge in [0.05, 0.1) is 13.0 Å². The summed E-state index contributed by atoms with van der Waals surface area (Å²) < 4.78 is 5.06. The number of nitrogens with one attached hydrogen (secondary N) is 1. The summed E-state index contributed by atoms with van der Waals surface area (Å²) in [5, 5.41) is 3.06. The number of carbonyl (C=O) groups excluding carboxylic acids is 2. The van der Waals surface area contributed by atoms with Crippen molar-refractivity contribution in [2.24, 2.45) is 0 Å². The fourth-order valence-electron chi connectivity index (χ4n) is 3.83. The minimum atomic E-state index is -0.214. The highest BCUT2D eigenvalue weighted by Crippen LogP contribution is 2.30. The largest absolute Gasteiger partial charge is 0.466 e. The van der Waals surface area contributed by atoms with E-state index in [-0.39, 0.29) is 18.4 Å². The van der Waals surface area contributed by atoms with Crippen molar-refractivity contribution < 1.29 is 14.3 Å². The highest BCUT2D eigenvalue weighted by molar-refractivity contribution is 7.99. The zero-order chi connectivity index (χ0) is 25.6. The highest BCUT2D eigenvalue weighted by atomic mass is 32.2. The normalized spacial score (nSPS) is 10.6. The zero-order valence-electron chi connectivity index (χ0n) is 21.2. The van der Waals surface area contributed by atoms with E-state index in [1.54, 1.807) is 11.8 Å². The number of amides is 2. The second kappa shape index (κ2) is 15.0. The monoisotopic (exact) mass is 504 g/mol. The topological polar surface area (TPSA) is 58.6 Å². The van der Waals surface area contributed by atoms with Crippen molar-refractivity contribution in [1.29, 1.82) is 0 Å². The summed E-state index contributed by atoms with van der Waals surface area (Å²) in [4.78, 5) is 28.8. The fourth-order valence-corrected chi connectivity index (χ4v) is 4.73. The van der Waals surface area contributed by atoms with Crippen LogP contribution < -0.4 is 10.2 Å². The summed E-state index contributed by atoms with van der Waals surface area (Å²) in [6, 6.07) is 26.4. The maximum Gasteiger partial charge on any atom is 0.321 e. The number of hydrogen-bond donors (Lipinski definition) is 1. The molecule has 0 saturated carbocycles. The Morgan fingerprint density at radius 3 is 2.33 bits per heavy atom. The van der Waals surface area contributed by atoms with Crippen LogP contribution in [-0.2, 0) is 22.4 Å². The average molecular weight is 505 g/mol. The number of carbonyl (C=O) groups is 2. The van der Waals surface area contributed by atoms with Crippen LogP contribution in [0, 0.1) is 0 Å². The molecule has 0 fully saturated rings. The number of anilines is 1. The van der Waals surface area contributed by atoms with Crippen molar-refractivity contribution in [3.63, 3.8) is 0 Å². The predicted molar refractivity (Wildman–Crippen MR) is 148 cm³/mol. The standard InChI is InChI=1S/C30H36N2O3S/c1-3-5-20-31-30(34)32(21-10-14-24-11-7-6-8-12-24)26-16-18-27(19-17-26)36-28-15-9-13-25(22-28)23-29(33)35-4-2/h6-9,11-13,15-19,22H,3-5,10,14,20-21,23H2,1-2H3,(H,31,34). The van der Waals surface area contributed by atoms with Crippen molar-refractivity contribution in [3.8, 4) is 0 Å². The quantitative estimate of drug-likeness (QED) is 0.203. The molecule has 0 heterocycles. The Hall–Kier alpha value is -3.25. The summed E-state index contributed by atoms with van der Waals surface area (Å²) in [6.45, 7) is 5.65. The van der Waals surface area contributed by atoms with Gasteiger partial charge in [0.15, 0.2) is 0 Å². The third-order valence-corrected chi connectivity index (χ3v) is 6.68. The van der Waals surface area contributed by atoms with E-state index in [0.717, 1.165) is 46.7 Å². The molecule has 36 heavy (non-hydrogen) atoms. The molecule has 0 aliphatic rings. The first kappa shape index (κ1) is 27.3. The number of ether oxygens (including phenoxy) is 1. The SMILES string of the molecule is CCCCNC(=O)N(CCCc1ccccc1)c1ccc(Sc2cccc(CC(=O)OCC)c2)cc1. The van der Waals surface area contributed by atoms with E-state index in [2.05, 4.69) is 24.4 Å². The molecule has 3 rings (SSSR count). The van der Waals surface area contributed by atoms with Gasteiger partial charge < -0.3 is 10.1 Å². The van der Waals surface area contributed by atoms with Crippen molar-refractivity contribution in [2.45, 2.75) is 55.7 Å². The smallest absolute Gasteiger partial charge is 0.321 e. The van der Waals surface area contributed by atoms with E-state index in [0.29, 0.717) is 19.7 Å². The van der Waals surface area contributed by atoms with E-state index in [4.69, 9.17) is 4.74 Å². The Kier molecular flexibility index (Phi) is 11.4. The number of hydrogen-bond acceptors (Lipinski definition) is 4. The first-order valence-corrected chi connectivity index (χ1v) is 13.5. The lowest BCUT2D eigenvalue weighted by Crippen LogP contribution is -2.41. The van der Waals surface area contributed by atoms with Gasteiger partial charge in [-0.2, -0.15) is 0 Å². The first-order valence-electron chi connectivity index (χ1n) is 12.7. The minimum Gasteiger partial charge on any atom is -0.466 e. The van der Waals surface area contributed by atoms with Gasteiger partial charge in [0.2, 0.25) is 0 Å².